The van der Waals surface area contributed by atoms with E-state index in [0.717, 1.165) is 24.3 Å². The first kappa shape index (κ1) is 16.7. The molecule has 0 atom stereocenters. The molecule has 1 N–H and O–H groups in total. The maximum absolute atomic E-state index is 12.0. The second-order valence-electron chi connectivity index (χ2n) is 5.79. The predicted octanol–water partition coefficient (Wildman–Crippen LogP) is 1.87. The van der Waals surface area contributed by atoms with Crippen LogP contribution in [0.4, 0.5) is 11.4 Å². The number of nitrogens with zero attached hydrogens (tertiary/aromatic N) is 4. The first-order valence-electron chi connectivity index (χ1n) is 8.04. The summed E-state index contributed by atoms with van der Waals surface area (Å²) in [6.07, 6.45) is 6.98. The van der Waals surface area contributed by atoms with Gasteiger partial charge in [-0.3, -0.25) is 19.6 Å². The first-order chi connectivity index (χ1) is 12.1. The van der Waals surface area contributed by atoms with Crippen LogP contribution in [0.3, 0.4) is 0 Å². The number of aromatic nitrogens is 2. The van der Waals surface area contributed by atoms with Crippen molar-refractivity contribution in [1.82, 2.24) is 15.1 Å². The summed E-state index contributed by atoms with van der Waals surface area (Å²) in [6, 6.07) is 8.09. The van der Waals surface area contributed by atoms with Crippen LogP contribution in [0, 0.1) is 10.1 Å². The van der Waals surface area contributed by atoms with Gasteiger partial charge in [-0.25, -0.2) is 0 Å². The summed E-state index contributed by atoms with van der Waals surface area (Å²) < 4.78 is 1.40. The van der Waals surface area contributed by atoms with Gasteiger partial charge in [-0.05, 0) is 17.7 Å². The lowest BCUT2D eigenvalue weighted by molar-refractivity contribution is -0.385. The Kier molecular flexibility index (Phi) is 5.08. The Morgan fingerprint density at radius 1 is 1.32 bits per heavy atom. The summed E-state index contributed by atoms with van der Waals surface area (Å²) in [5.41, 5.74) is 2.10. The van der Waals surface area contributed by atoms with Gasteiger partial charge in [0.05, 0.1) is 4.92 Å². The maximum atomic E-state index is 12.0. The molecule has 0 aliphatic carbocycles. The van der Waals surface area contributed by atoms with Gasteiger partial charge in [0.25, 0.3) is 0 Å². The first-order valence-corrected chi connectivity index (χ1v) is 8.04. The zero-order valence-electron chi connectivity index (χ0n) is 13.7. The van der Waals surface area contributed by atoms with Crippen molar-refractivity contribution in [2.75, 3.05) is 18.0 Å². The van der Waals surface area contributed by atoms with Crippen molar-refractivity contribution in [2.45, 2.75) is 19.5 Å². The van der Waals surface area contributed by atoms with E-state index in [9.17, 15) is 14.9 Å². The Morgan fingerprint density at radius 3 is 2.84 bits per heavy atom. The standard InChI is InChI=1S/C17H19N5O3/c23-17(6-9-21-13-16(12-19-21)22(24)25)18-11-14-4-3-5-15(10-14)20-7-1-2-8-20/h1-5,10,12-13H,6-9,11H2,(H,18,23). The van der Waals surface area contributed by atoms with Crippen molar-refractivity contribution in [3.8, 4) is 0 Å². The molecule has 2 heterocycles. The molecular formula is C17H19N5O3. The molecule has 0 unspecified atom stereocenters. The van der Waals surface area contributed by atoms with E-state index in [1.165, 1.54) is 17.1 Å². The van der Waals surface area contributed by atoms with Crippen LogP contribution in [-0.2, 0) is 17.9 Å². The molecule has 1 amide bonds. The van der Waals surface area contributed by atoms with E-state index in [4.69, 9.17) is 0 Å². The van der Waals surface area contributed by atoms with E-state index in [-0.39, 0.29) is 18.0 Å². The van der Waals surface area contributed by atoms with E-state index in [0.29, 0.717) is 13.1 Å². The number of aryl methyl sites for hydroxylation is 1. The molecule has 1 aliphatic heterocycles. The number of nitro groups is 1. The van der Waals surface area contributed by atoms with Gasteiger partial charge in [-0.2, -0.15) is 5.10 Å². The molecule has 0 saturated heterocycles. The molecule has 3 rings (SSSR count). The summed E-state index contributed by atoms with van der Waals surface area (Å²) in [7, 11) is 0. The molecule has 0 saturated carbocycles. The van der Waals surface area contributed by atoms with E-state index in [1.54, 1.807) is 0 Å². The van der Waals surface area contributed by atoms with Gasteiger partial charge in [0.1, 0.15) is 12.4 Å². The van der Waals surface area contributed by atoms with Crippen LogP contribution in [0.2, 0.25) is 0 Å². The number of hydrogen-bond donors (Lipinski definition) is 1. The van der Waals surface area contributed by atoms with Crippen LogP contribution >= 0.6 is 0 Å². The normalized spacial score (nSPS) is 13.2. The van der Waals surface area contributed by atoms with Crippen molar-refractivity contribution in [2.24, 2.45) is 0 Å². The molecule has 0 fully saturated rings. The van der Waals surface area contributed by atoms with Crippen molar-refractivity contribution >= 4 is 17.3 Å². The molecule has 0 bridgehead atoms. The molecule has 0 radical (unpaired) electrons. The zero-order chi connectivity index (χ0) is 17.6. The molecule has 8 nitrogen and oxygen atoms in total. The van der Waals surface area contributed by atoms with Crippen molar-refractivity contribution < 1.29 is 9.72 Å². The summed E-state index contributed by atoms with van der Waals surface area (Å²) in [5.74, 6) is -0.119. The van der Waals surface area contributed by atoms with Gasteiger partial charge in [-0.15, -0.1) is 0 Å². The molecule has 25 heavy (non-hydrogen) atoms. The fourth-order valence-electron chi connectivity index (χ4n) is 2.63. The Morgan fingerprint density at radius 2 is 2.12 bits per heavy atom. The number of amides is 1. The van der Waals surface area contributed by atoms with Crippen molar-refractivity contribution in [1.29, 1.82) is 0 Å². The highest BCUT2D eigenvalue weighted by Crippen LogP contribution is 2.18. The van der Waals surface area contributed by atoms with Gasteiger partial charge >= 0.3 is 5.69 Å². The molecule has 2 aromatic rings. The second kappa shape index (κ2) is 7.61. The van der Waals surface area contributed by atoms with Crippen molar-refractivity contribution in [3.05, 3.63) is 64.5 Å². The van der Waals surface area contributed by atoms with E-state index in [2.05, 4.69) is 39.6 Å². The number of nitrogens with one attached hydrogen (secondary N) is 1. The highest BCUT2D eigenvalue weighted by Gasteiger charge is 2.11. The average Bonchev–Trinajstić information content (AvgIpc) is 3.30. The fourth-order valence-corrected chi connectivity index (χ4v) is 2.63. The lowest BCUT2D eigenvalue weighted by Crippen LogP contribution is -2.24. The highest BCUT2D eigenvalue weighted by atomic mass is 16.6. The quantitative estimate of drug-likeness (QED) is 0.471. The lowest BCUT2D eigenvalue weighted by Gasteiger charge is -2.18. The molecule has 1 aromatic carbocycles. The van der Waals surface area contributed by atoms with Crippen LogP contribution in [0.25, 0.3) is 0 Å². The largest absolute Gasteiger partial charge is 0.364 e. The summed E-state index contributed by atoms with van der Waals surface area (Å²) >= 11 is 0. The van der Waals surface area contributed by atoms with Crippen molar-refractivity contribution in [3.63, 3.8) is 0 Å². The van der Waals surface area contributed by atoms with Gasteiger partial charge in [0.15, 0.2) is 0 Å². The zero-order valence-corrected chi connectivity index (χ0v) is 13.7. The number of carbonyl (C=O) groups excluding carboxylic acids is 1. The van der Waals surface area contributed by atoms with Gasteiger partial charge in [0, 0.05) is 38.3 Å². The number of benzene rings is 1. The molecule has 8 heteroatoms. The van der Waals surface area contributed by atoms with Crippen LogP contribution in [0.15, 0.2) is 48.8 Å². The molecular weight excluding hydrogens is 322 g/mol. The number of anilines is 1. The van der Waals surface area contributed by atoms with Gasteiger partial charge < -0.3 is 10.2 Å². The monoisotopic (exact) mass is 341 g/mol. The summed E-state index contributed by atoms with van der Waals surface area (Å²) in [6.45, 7) is 2.57. The Balaban J connectivity index is 1.47. The van der Waals surface area contributed by atoms with Crippen LogP contribution in [0.1, 0.15) is 12.0 Å². The topological polar surface area (TPSA) is 93.3 Å². The minimum absolute atomic E-state index is 0.0753. The smallest absolute Gasteiger partial charge is 0.306 e. The van der Waals surface area contributed by atoms with E-state index in [1.807, 2.05) is 12.1 Å². The summed E-state index contributed by atoms with van der Waals surface area (Å²) in [5, 5.41) is 17.3. The molecule has 1 aliphatic rings. The third kappa shape index (κ3) is 4.43. The second-order valence-corrected chi connectivity index (χ2v) is 5.79. The molecule has 130 valence electrons. The minimum atomic E-state index is -0.507. The minimum Gasteiger partial charge on any atom is -0.364 e. The van der Waals surface area contributed by atoms with Crippen LogP contribution in [-0.4, -0.2) is 33.7 Å². The highest BCUT2D eigenvalue weighted by molar-refractivity contribution is 5.75. The van der Waals surface area contributed by atoms with Crippen LogP contribution in [0.5, 0.6) is 0 Å². The van der Waals surface area contributed by atoms with Gasteiger partial charge in [0.2, 0.25) is 5.91 Å². The fraction of sp³-hybridized carbons (Fsp3) is 0.294. The predicted molar refractivity (Wildman–Crippen MR) is 93.1 cm³/mol. The third-order valence-corrected chi connectivity index (χ3v) is 3.98. The number of carbonyl (C=O) groups is 1. The Hall–Kier alpha value is -3.16. The van der Waals surface area contributed by atoms with Crippen LogP contribution < -0.4 is 10.2 Å². The lowest BCUT2D eigenvalue weighted by atomic mass is 10.2. The maximum Gasteiger partial charge on any atom is 0.306 e. The Bertz CT molecular complexity index is 791. The van der Waals surface area contributed by atoms with Gasteiger partial charge in [-0.1, -0.05) is 24.3 Å². The van der Waals surface area contributed by atoms with E-state index >= 15 is 0 Å². The number of hydrogen-bond acceptors (Lipinski definition) is 5. The third-order valence-electron chi connectivity index (χ3n) is 3.98. The molecule has 1 aromatic heterocycles. The SMILES string of the molecule is O=C(CCn1cc([N+](=O)[O-])cn1)NCc1cccc(N2CC=CC2)c1. The Labute approximate surface area is 144 Å². The summed E-state index contributed by atoms with van der Waals surface area (Å²) in [4.78, 5) is 24.3. The number of rotatable bonds is 7. The average molecular weight is 341 g/mol. The molecule has 0 spiro atoms. The van der Waals surface area contributed by atoms with E-state index < -0.39 is 4.92 Å².